The highest BCUT2D eigenvalue weighted by molar-refractivity contribution is 7.99. The summed E-state index contributed by atoms with van der Waals surface area (Å²) >= 11 is 2.62. The molecule has 0 aromatic carbocycles. The average molecular weight is 406 g/mol. The summed E-state index contributed by atoms with van der Waals surface area (Å²) in [5, 5.41) is 12.1. The first-order chi connectivity index (χ1) is 13.0. The molecule has 0 fully saturated rings. The van der Waals surface area contributed by atoms with Gasteiger partial charge in [-0.05, 0) is 24.6 Å². The molecule has 0 radical (unpaired) electrons. The molecule has 0 aliphatic heterocycles. The number of hydrogen-bond donors (Lipinski definition) is 1. The smallest absolute Gasteiger partial charge is 0.340 e. The van der Waals surface area contributed by atoms with Gasteiger partial charge in [0.05, 0.1) is 24.7 Å². The third-order valence-electron chi connectivity index (χ3n) is 3.70. The molecule has 0 aliphatic rings. The van der Waals surface area contributed by atoms with E-state index in [0.29, 0.717) is 27.3 Å². The maximum absolute atomic E-state index is 12.3. The second-order valence-corrected chi connectivity index (χ2v) is 7.56. The molecule has 27 heavy (non-hydrogen) atoms. The SMILES string of the molecule is CCc1cc(C(=O)OC)c(NC(=O)CSc2nnc(-c3ccco3)n2C)s1. The number of esters is 1. The first kappa shape index (κ1) is 19.2. The summed E-state index contributed by atoms with van der Waals surface area (Å²) in [4.78, 5) is 25.2. The van der Waals surface area contributed by atoms with Crippen LogP contribution >= 0.6 is 23.1 Å². The van der Waals surface area contributed by atoms with Crippen molar-refractivity contribution < 1.29 is 18.7 Å². The number of ether oxygens (including phenoxy) is 1. The van der Waals surface area contributed by atoms with Crippen LogP contribution in [-0.4, -0.2) is 39.5 Å². The summed E-state index contributed by atoms with van der Waals surface area (Å²) in [6.07, 6.45) is 2.34. The fraction of sp³-hybridized carbons (Fsp3) is 0.294. The molecular formula is C17H18N4O4S2. The number of nitrogens with one attached hydrogen (secondary N) is 1. The number of rotatable bonds is 7. The number of carbonyl (C=O) groups is 2. The van der Waals surface area contributed by atoms with E-state index >= 15 is 0 Å². The maximum Gasteiger partial charge on any atom is 0.340 e. The lowest BCUT2D eigenvalue weighted by atomic mass is 10.2. The second-order valence-electron chi connectivity index (χ2n) is 5.48. The van der Waals surface area contributed by atoms with Gasteiger partial charge in [-0.2, -0.15) is 0 Å². The first-order valence-corrected chi connectivity index (χ1v) is 9.90. The number of aryl methyl sites for hydroxylation is 1. The zero-order chi connectivity index (χ0) is 19.4. The number of nitrogens with zero attached hydrogens (tertiary/aromatic N) is 3. The molecule has 1 amide bonds. The molecule has 3 heterocycles. The summed E-state index contributed by atoms with van der Waals surface area (Å²) in [5.41, 5.74) is 0.372. The summed E-state index contributed by atoms with van der Waals surface area (Å²) in [6, 6.07) is 5.31. The predicted octanol–water partition coefficient (Wildman–Crippen LogP) is 3.22. The van der Waals surface area contributed by atoms with Crippen LogP contribution < -0.4 is 5.32 Å². The number of hydrogen-bond acceptors (Lipinski definition) is 8. The highest BCUT2D eigenvalue weighted by Gasteiger charge is 2.19. The normalized spacial score (nSPS) is 10.8. The Morgan fingerprint density at radius 2 is 2.22 bits per heavy atom. The molecule has 0 atom stereocenters. The van der Waals surface area contributed by atoms with Gasteiger partial charge in [-0.1, -0.05) is 18.7 Å². The zero-order valence-electron chi connectivity index (χ0n) is 15.0. The number of methoxy groups -OCH3 is 1. The van der Waals surface area contributed by atoms with Crippen LogP contribution in [0.2, 0.25) is 0 Å². The van der Waals surface area contributed by atoms with E-state index in [1.807, 2.05) is 6.92 Å². The van der Waals surface area contributed by atoms with Gasteiger partial charge < -0.3 is 19.0 Å². The van der Waals surface area contributed by atoms with Crippen LogP contribution in [0.1, 0.15) is 22.2 Å². The van der Waals surface area contributed by atoms with Crippen LogP contribution in [0, 0.1) is 0 Å². The molecule has 0 spiro atoms. The van der Waals surface area contributed by atoms with Gasteiger partial charge in [0.1, 0.15) is 5.00 Å². The fourth-order valence-corrected chi connectivity index (χ4v) is 4.04. The largest absolute Gasteiger partial charge is 0.465 e. The van der Waals surface area contributed by atoms with Crippen molar-refractivity contribution in [2.75, 3.05) is 18.2 Å². The Hall–Kier alpha value is -2.59. The van der Waals surface area contributed by atoms with E-state index in [1.54, 1.807) is 36.1 Å². The minimum Gasteiger partial charge on any atom is -0.465 e. The number of carbonyl (C=O) groups excluding carboxylic acids is 2. The average Bonchev–Trinajstić information content (AvgIpc) is 3.39. The number of furan rings is 1. The summed E-state index contributed by atoms with van der Waals surface area (Å²) in [6.45, 7) is 1.99. The molecule has 3 aromatic heterocycles. The van der Waals surface area contributed by atoms with Gasteiger partial charge in [-0.15, -0.1) is 21.5 Å². The fourth-order valence-electron chi connectivity index (χ4n) is 2.32. The molecule has 142 valence electrons. The molecule has 0 saturated heterocycles. The van der Waals surface area contributed by atoms with Crippen molar-refractivity contribution in [2.45, 2.75) is 18.5 Å². The van der Waals surface area contributed by atoms with Crippen molar-refractivity contribution in [3.05, 3.63) is 34.9 Å². The number of thioether (sulfide) groups is 1. The van der Waals surface area contributed by atoms with Crippen molar-refractivity contribution in [1.82, 2.24) is 14.8 Å². The van der Waals surface area contributed by atoms with Crippen LogP contribution in [0.3, 0.4) is 0 Å². The molecule has 0 bridgehead atoms. The Balaban J connectivity index is 1.66. The van der Waals surface area contributed by atoms with E-state index in [9.17, 15) is 9.59 Å². The van der Waals surface area contributed by atoms with Gasteiger partial charge in [0.2, 0.25) is 5.91 Å². The quantitative estimate of drug-likeness (QED) is 0.475. The molecule has 0 saturated carbocycles. The van der Waals surface area contributed by atoms with Gasteiger partial charge in [0.25, 0.3) is 0 Å². The van der Waals surface area contributed by atoms with E-state index in [2.05, 4.69) is 15.5 Å². The van der Waals surface area contributed by atoms with Gasteiger partial charge in [-0.25, -0.2) is 4.79 Å². The highest BCUT2D eigenvalue weighted by atomic mass is 32.2. The lowest BCUT2D eigenvalue weighted by Gasteiger charge is -2.05. The standard InChI is InChI=1S/C17H18N4O4S2/c1-4-10-8-11(16(23)24-3)15(27-10)18-13(22)9-26-17-20-19-14(21(17)2)12-6-5-7-25-12/h5-8H,4,9H2,1-3H3,(H,18,22). The molecule has 0 unspecified atom stereocenters. The lowest BCUT2D eigenvalue weighted by Crippen LogP contribution is -2.16. The first-order valence-electron chi connectivity index (χ1n) is 8.10. The molecule has 8 nitrogen and oxygen atoms in total. The minimum atomic E-state index is -0.467. The number of aromatic nitrogens is 3. The molecule has 3 rings (SSSR count). The van der Waals surface area contributed by atoms with E-state index in [1.165, 1.54) is 30.2 Å². The van der Waals surface area contributed by atoms with Gasteiger partial charge in [-0.3, -0.25) is 4.79 Å². The van der Waals surface area contributed by atoms with E-state index < -0.39 is 5.97 Å². The Morgan fingerprint density at radius 3 is 2.89 bits per heavy atom. The van der Waals surface area contributed by atoms with Gasteiger partial charge in [0, 0.05) is 11.9 Å². The monoisotopic (exact) mass is 406 g/mol. The molecule has 10 heteroatoms. The van der Waals surface area contributed by atoms with E-state index in [0.717, 1.165) is 11.3 Å². The molecule has 0 aliphatic carbocycles. The number of thiophene rings is 1. The third-order valence-corrected chi connectivity index (χ3v) is 5.91. The predicted molar refractivity (Wildman–Crippen MR) is 103 cm³/mol. The van der Waals surface area contributed by atoms with Crippen LogP contribution in [0.5, 0.6) is 0 Å². The second kappa shape index (κ2) is 8.40. The molecular weight excluding hydrogens is 388 g/mol. The Kier molecular flexibility index (Phi) is 5.97. The summed E-state index contributed by atoms with van der Waals surface area (Å²) < 4.78 is 11.9. The van der Waals surface area contributed by atoms with Crippen LogP contribution in [0.25, 0.3) is 11.6 Å². The summed E-state index contributed by atoms with van der Waals surface area (Å²) in [7, 11) is 3.12. The van der Waals surface area contributed by atoms with Gasteiger partial charge >= 0.3 is 5.97 Å². The summed E-state index contributed by atoms with van der Waals surface area (Å²) in [5.74, 6) is 0.614. The number of amides is 1. The van der Waals surface area contributed by atoms with Crippen LogP contribution in [-0.2, 0) is 23.0 Å². The minimum absolute atomic E-state index is 0.129. The van der Waals surface area contributed by atoms with Crippen molar-refractivity contribution in [1.29, 1.82) is 0 Å². The molecule has 1 N–H and O–H groups in total. The van der Waals surface area contributed by atoms with E-state index in [-0.39, 0.29) is 11.7 Å². The molecule has 3 aromatic rings. The van der Waals surface area contributed by atoms with Crippen molar-refractivity contribution >= 4 is 40.0 Å². The van der Waals surface area contributed by atoms with Crippen LogP contribution in [0.4, 0.5) is 5.00 Å². The third kappa shape index (κ3) is 4.22. The highest BCUT2D eigenvalue weighted by Crippen LogP contribution is 2.30. The number of anilines is 1. The Morgan fingerprint density at radius 1 is 1.41 bits per heavy atom. The topological polar surface area (TPSA) is 99.2 Å². The van der Waals surface area contributed by atoms with Crippen molar-refractivity contribution in [3.63, 3.8) is 0 Å². The lowest BCUT2D eigenvalue weighted by molar-refractivity contribution is -0.113. The van der Waals surface area contributed by atoms with Crippen molar-refractivity contribution in [3.8, 4) is 11.6 Å². The van der Waals surface area contributed by atoms with Gasteiger partial charge in [0.15, 0.2) is 16.7 Å². The van der Waals surface area contributed by atoms with Crippen LogP contribution in [0.15, 0.2) is 34.0 Å². The Labute approximate surface area is 163 Å². The Bertz CT molecular complexity index is 946. The van der Waals surface area contributed by atoms with Crippen molar-refractivity contribution in [2.24, 2.45) is 7.05 Å². The van der Waals surface area contributed by atoms with E-state index in [4.69, 9.17) is 9.15 Å². The zero-order valence-corrected chi connectivity index (χ0v) is 16.6. The maximum atomic E-state index is 12.3.